The van der Waals surface area contributed by atoms with Gasteiger partial charge in [0.1, 0.15) is 0 Å². The Labute approximate surface area is 117 Å². The predicted molar refractivity (Wildman–Crippen MR) is 81.1 cm³/mol. The highest BCUT2D eigenvalue weighted by Gasteiger charge is 2.30. The van der Waals surface area contributed by atoms with Crippen LogP contribution < -0.4 is 11.1 Å². The van der Waals surface area contributed by atoms with Crippen molar-refractivity contribution in [3.05, 3.63) is 59.2 Å². The lowest BCUT2D eigenvalue weighted by atomic mass is 9.96. The van der Waals surface area contributed by atoms with E-state index in [0.29, 0.717) is 0 Å². The van der Waals surface area contributed by atoms with Crippen LogP contribution in [0.15, 0.2) is 42.5 Å². The number of hydrogen-bond donors (Lipinski definition) is 2. The molecule has 0 spiro atoms. The van der Waals surface area contributed by atoms with Gasteiger partial charge in [0.25, 0.3) is 5.91 Å². The molecule has 3 N–H and O–H groups in total. The molecule has 98 valence electrons. The van der Waals surface area contributed by atoms with Crippen LogP contribution in [0.5, 0.6) is 0 Å². The minimum atomic E-state index is 0.00544. The molecule has 0 saturated carbocycles. The van der Waals surface area contributed by atoms with Crippen molar-refractivity contribution in [1.82, 2.24) is 0 Å². The van der Waals surface area contributed by atoms with Crippen LogP contribution >= 0.6 is 0 Å². The molecule has 0 unspecified atom stereocenters. The molecule has 1 amide bonds. The van der Waals surface area contributed by atoms with Crippen molar-refractivity contribution in [2.75, 3.05) is 11.1 Å². The van der Waals surface area contributed by atoms with Gasteiger partial charge in [0.15, 0.2) is 0 Å². The SMILES string of the molecule is Nc1ccc2c(c1)CC/C2=C1\C(=O)Nc2ccccc21. The smallest absolute Gasteiger partial charge is 0.256 e. The normalized spacial score (nSPS) is 19.7. The molecular formula is C17H14N2O. The first-order chi connectivity index (χ1) is 9.74. The Hall–Kier alpha value is -2.55. The fourth-order valence-electron chi connectivity index (χ4n) is 3.19. The van der Waals surface area contributed by atoms with Crippen LogP contribution in [-0.4, -0.2) is 5.91 Å². The fourth-order valence-corrected chi connectivity index (χ4v) is 3.19. The summed E-state index contributed by atoms with van der Waals surface area (Å²) in [6.45, 7) is 0. The Morgan fingerprint density at radius 1 is 1.00 bits per heavy atom. The number of rotatable bonds is 0. The third-order valence-corrected chi connectivity index (χ3v) is 4.07. The minimum Gasteiger partial charge on any atom is -0.399 e. The van der Waals surface area contributed by atoms with E-state index in [9.17, 15) is 4.79 Å². The van der Waals surface area contributed by atoms with E-state index in [2.05, 4.69) is 5.32 Å². The summed E-state index contributed by atoms with van der Waals surface area (Å²) in [7, 11) is 0. The summed E-state index contributed by atoms with van der Waals surface area (Å²) < 4.78 is 0. The third-order valence-electron chi connectivity index (χ3n) is 4.07. The number of hydrogen-bond acceptors (Lipinski definition) is 2. The standard InChI is InChI=1S/C17H14N2O/c18-11-6-8-12-10(9-11)5-7-13(12)16-14-3-1-2-4-15(14)19-17(16)20/h1-4,6,8-9H,5,7,18H2,(H,19,20)/b16-13+. The van der Waals surface area contributed by atoms with Gasteiger partial charge in [-0.15, -0.1) is 0 Å². The third kappa shape index (κ3) is 1.50. The van der Waals surface area contributed by atoms with Crippen molar-refractivity contribution >= 4 is 28.4 Å². The van der Waals surface area contributed by atoms with Gasteiger partial charge in [-0.3, -0.25) is 4.79 Å². The Morgan fingerprint density at radius 2 is 1.85 bits per heavy atom. The second-order valence-corrected chi connectivity index (χ2v) is 5.27. The van der Waals surface area contributed by atoms with Crippen LogP contribution in [0.4, 0.5) is 11.4 Å². The van der Waals surface area contributed by atoms with Crippen molar-refractivity contribution in [3.63, 3.8) is 0 Å². The number of fused-ring (bicyclic) bond motifs is 2. The van der Waals surface area contributed by atoms with Crippen molar-refractivity contribution in [2.45, 2.75) is 12.8 Å². The number of carbonyl (C=O) groups is 1. The molecule has 3 nitrogen and oxygen atoms in total. The van der Waals surface area contributed by atoms with Gasteiger partial charge in [-0.25, -0.2) is 0 Å². The van der Waals surface area contributed by atoms with Crippen molar-refractivity contribution in [1.29, 1.82) is 0 Å². The van der Waals surface area contributed by atoms with Gasteiger partial charge < -0.3 is 11.1 Å². The van der Waals surface area contributed by atoms with Gasteiger partial charge in [-0.2, -0.15) is 0 Å². The predicted octanol–water partition coefficient (Wildman–Crippen LogP) is 3.08. The van der Waals surface area contributed by atoms with Gasteiger partial charge in [0.2, 0.25) is 0 Å². The number of allylic oxidation sites excluding steroid dienone is 1. The highest BCUT2D eigenvalue weighted by atomic mass is 16.2. The number of nitrogens with one attached hydrogen (secondary N) is 1. The maximum atomic E-state index is 12.3. The molecule has 0 fully saturated rings. The van der Waals surface area contributed by atoms with Gasteiger partial charge in [0, 0.05) is 16.9 Å². The largest absolute Gasteiger partial charge is 0.399 e. The van der Waals surface area contributed by atoms with E-state index < -0.39 is 0 Å². The maximum Gasteiger partial charge on any atom is 0.256 e. The van der Waals surface area contributed by atoms with Crippen LogP contribution in [0.25, 0.3) is 11.1 Å². The molecule has 0 atom stereocenters. The molecule has 0 bridgehead atoms. The van der Waals surface area contributed by atoms with E-state index in [1.165, 1.54) is 11.1 Å². The Morgan fingerprint density at radius 3 is 2.75 bits per heavy atom. The zero-order valence-corrected chi connectivity index (χ0v) is 10.9. The molecule has 0 saturated heterocycles. The number of aryl methyl sites for hydroxylation is 1. The monoisotopic (exact) mass is 262 g/mol. The van der Waals surface area contributed by atoms with Crippen LogP contribution in [0.1, 0.15) is 23.1 Å². The zero-order valence-electron chi connectivity index (χ0n) is 10.9. The number of amides is 1. The van der Waals surface area contributed by atoms with Gasteiger partial charge in [0.05, 0.1) is 5.57 Å². The van der Waals surface area contributed by atoms with Crippen LogP contribution in [-0.2, 0) is 11.2 Å². The maximum absolute atomic E-state index is 12.3. The van der Waals surface area contributed by atoms with Gasteiger partial charge in [-0.1, -0.05) is 24.3 Å². The average molecular weight is 262 g/mol. The van der Waals surface area contributed by atoms with E-state index in [4.69, 9.17) is 5.73 Å². The summed E-state index contributed by atoms with van der Waals surface area (Å²) in [5.41, 5.74) is 12.9. The molecule has 2 aliphatic rings. The summed E-state index contributed by atoms with van der Waals surface area (Å²) in [5, 5.41) is 2.95. The molecule has 2 aromatic rings. The van der Waals surface area contributed by atoms with Crippen LogP contribution in [0.3, 0.4) is 0 Å². The van der Waals surface area contributed by atoms with E-state index >= 15 is 0 Å². The molecule has 0 radical (unpaired) electrons. The number of nitrogens with two attached hydrogens (primary N) is 1. The summed E-state index contributed by atoms with van der Waals surface area (Å²) in [5.74, 6) is 0.00544. The first kappa shape index (κ1) is 11.3. The van der Waals surface area contributed by atoms with Crippen LogP contribution in [0.2, 0.25) is 0 Å². The molecule has 2 aromatic carbocycles. The lowest BCUT2D eigenvalue weighted by Crippen LogP contribution is -2.05. The molecule has 0 aromatic heterocycles. The molecule has 20 heavy (non-hydrogen) atoms. The summed E-state index contributed by atoms with van der Waals surface area (Å²) in [6.07, 6.45) is 1.85. The molecule has 1 aliphatic carbocycles. The van der Waals surface area contributed by atoms with Crippen LogP contribution in [0, 0.1) is 0 Å². The van der Waals surface area contributed by atoms with Gasteiger partial charge >= 0.3 is 0 Å². The number of carbonyl (C=O) groups excluding carboxylic acids is 1. The highest BCUT2D eigenvalue weighted by molar-refractivity contribution is 6.37. The lowest BCUT2D eigenvalue weighted by Gasteiger charge is -2.06. The van der Waals surface area contributed by atoms with Crippen molar-refractivity contribution in [2.24, 2.45) is 0 Å². The van der Waals surface area contributed by atoms with Crippen molar-refractivity contribution < 1.29 is 4.79 Å². The number of nitrogen functional groups attached to an aromatic ring is 1. The number of anilines is 2. The Kier molecular flexibility index (Phi) is 2.24. The quantitative estimate of drug-likeness (QED) is 0.566. The average Bonchev–Trinajstić information content (AvgIpc) is 2.97. The first-order valence-corrected chi connectivity index (χ1v) is 6.77. The molecule has 1 aliphatic heterocycles. The molecule has 3 heteroatoms. The van der Waals surface area contributed by atoms with Crippen molar-refractivity contribution in [3.8, 4) is 0 Å². The Balaban J connectivity index is 1.96. The zero-order chi connectivity index (χ0) is 13.7. The number of benzene rings is 2. The highest BCUT2D eigenvalue weighted by Crippen LogP contribution is 2.43. The van der Waals surface area contributed by atoms with E-state index in [0.717, 1.165) is 40.9 Å². The molecule has 4 rings (SSSR count). The first-order valence-electron chi connectivity index (χ1n) is 6.77. The summed E-state index contributed by atoms with van der Waals surface area (Å²) >= 11 is 0. The van der Waals surface area contributed by atoms with E-state index in [1.54, 1.807) is 0 Å². The Bertz CT molecular complexity index is 774. The molecular weight excluding hydrogens is 248 g/mol. The summed E-state index contributed by atoms with van der Waals surface area (Å²) in [4.78, 5) is 12.3. The topological polar surface area (TPSA) is 55.1 Å². The lowest BCUT2D eigenvalue weighted by molar-refractivity contribution is -0.110. The molecule has 1 heterocycles. The fraction of sp³-hybridized carbons (Fsp3) is 0.118. The number of para-hydroxylation sites is 1. The van der Waals surface area contributed by atoms with E-state index in [1.807, 2.05) is 42.5 Å². The van der Waals surface area contributed by atoms with Gasteiger partial charge in [-0.05, 0) is 47.7 Å². The second-order valence-electron chi connectivity index (χ2n) is 5.27. The summed E-state index contributed by atoms with van der Waals surface area (Å²) in [6, 6.07) is 13.8. The minimum absolute atomic E-state index is 0.00544. The van der Waals surface area contributed by atoms with E-state index in [-0.39, 0.29) is 5.91 Å². The second kappa shape index (κ2) is 3.97.